The van der Waals surface area contributed by atoms with Crippen molar-refractivity contribution in [2.24, 2.45) is 0 Å². The zero-order chi connectivity index (χ0) is 11.6. The van der Waals surface area contributed by atoms with Crippen LogP contribution in [0.25, 0.3) is 0 Å². The van der Waals surface area contributed by atoms with Gasteiger partial charge in [-0.3, -0.25) is 10.1 Å². The molecule has 0 unspecified atom stereocenters. The highest BCUT2D eigenvalue weighted by atomic mass is 79.9. The molecule has 0 bridgehead atoms. The largest absolute Gasteiger partial charge is 0.288 e. The average molecular weight is 293 g/mol. The fourth-order valence-electron chi connectivity index (χ4n) is 0.803. The van der Waals surface area contributed by atoms with Gasteiger partial charge < -0.3 is 0 Å². The molecule has 0 saturated heterocycles. The first-order chi connectivity index (χ1) is 6.88. The van der Waals surface area contributed by atoms with Gasteiger partial charge in [0.15, 0.2) is 5.03 Å². The molecule has 1 aromatic rings. The third-order valence-corrected chi connectivity index (χ3v) is 3.66. The molecule has 8 heteroatoms. The Kier molecular flexibility index (Phi) is 3.20. The number of rotatable bonds is 3. The summed E-state index contributed by atoms with van der Waals surface area (Å²) >= 11 is 2.90. The van der Waals surface area contributed by atoms with Gasteiger partial charge in [0, 0.05) is 11.5 Å². The van der Waals surface area contributed by atoms with Gasteiger partial charge in [-0.2, -0.15) is 0 Å². The first-order valence-corrected chi connectivity index (χ1v) is 5.90. The van der Waals surface area contributed by atoms with Crippen LogP contribution >= 0.6 is 15.9 Å². The predicted molar refractivity (Wildman–Crippen MR) is 56.0 cm³/mol. The molecule has 6 nitrogen and oxygen atoms in total. The minimum atomic E-state index is -3.69. The maximum absolute atomic E-state index is 11.3. The molecule has 0 radical (unpaired) electrons. The van der Waals surface area contributed by atoms with Gasteiger partial charge >= 0.3 is 0 Å². The second-order valence-electron chi connectivity index (χ2n) is 2.45. The Morgan fingerprint density at radius 1 is 1.60 bits per heavy atom. The quantitative estimate of drug-likeness (QED) is 0.624. The Labute approximate surface area is 93.8 Å². The molecule has 1 heterocycles. The van der Waals surface area contributed by atoms with Crippen molar-refractivity contribution in [3.8, 4) is 0 Å². The van der Waals surface area contributed by atoms with Crippen LogP contribution in [0.2, 0.25) is 0 Å². The zero-order valence-electron chi connectivity index (χ0n) is 7.25. The fraction of sp³-hybridized carbons (Fsp3) is 0. The molecule has 0 N–H and O–H groups in total. The van der Waals surface area contributed by atoms with Crippen LogP contribution in [-0.4, -0.2) is 18.3 Å². The maximum atomic E-state index is 11.3. The van der Waals surface area contributed by atoms with E-state index >= 15 is 0 Å². The van der Waals surface area contributed by atoms with Crippen LogP contribution < -0.4 is 0 Å². The van der Waals surface area contributed by atoms with Crippen molar-refractivity contribution < 1.29 is 13.3 Å². The van der Waals surface area contributed by atoms with Crippen molar-refractivity contribution in [1.82, 2.24) is 4.98 Å². The Morgan fingerprint density at radius 3 is 2.60 bits per heavy atom. The Balaban J connectivity index is 3.38. The zero-order valence-corrected chi connectivity index (χ0v) is 9.66. The lowest BCUT2D eigenvalue weighted by molar-refractivity contribution is -0.385. The Morgan fingerprint density at radius 2 is 2.20 bits per heavy atom. The molecular formula is C7H5BrN2O4S. The van der Waals surface area contributed by atoms with E-state index in [9.17, 15) is 18.5 Å². The van der Waals surface area contributed by atoms with E-state index in [1.165, 1.54) is 0 Å². The van der Waals surface area contributed by atoms with E-state index in [0.717, 1.165) is 17.7 Å². The number of pyridine rings is 1. The number of aromatic nitrogens is 1. The molecule has 0 aliphatic carbocycles. The third kappa shape index (κ3) is 2.39. The van der Waals surface area contributed by atoms with E-state index in [0.29, 0.717) is 0 Å². The molecule has 15 heavy (non-hydrogen) atoms. The highest BCUT2D eigenvalue weighted by Crippen LogP contribution is 2.24. The standard InChI is InChI=1S/C7H5BrN2O4S/c1-2-15(13,14)7-6(8)3-5(4-9-7)10(11)12/h2-4H,1H2. The van der Waals surface area contributed by atoms with Crippen LogP contribution in [-0.2, 0) is 9.84 Å². The third-order valence-electron chi connectivity index (χ3n) is 1.49. The van der Waals surface area contributed by atoms with Crippen LogP contribution in [0.4, 0.5) is 5.69 Å². The summed E-state index contributed by atoms with van der Waals surface area (Å²) in [5.41, 5.74) is -0.287. The topological polar surface area (TPSA) is 90.2 Å². The lowest BCUT2D eigenvalue weighted by Gasteiger charge is -2.00. The van der Waals surface area contributed by atoms with Crippen molar-refractivity contribution in [3.63, 3.8) is 0 Å². The highest BCUT2D eigenvalue weighted by Gasteiger charge is 2.18. The summed E-state index contributed by atoms with van der Waals surface area (Å²) in [7, 11) is -3.69. The van der Waals surface area contributed by atoms with Crippen LogP contribution in [0.3, 0.4) is 0 Å². The van der Waals surface area contributed by atoms with Crippen LogP contribution in [0.15, 0.2) is 33.7 Å². The summed E-state index contributed by atoms with van der Waals surface area (Å²) in [6, 6.07) is 1.07. The van der Waals surface area contributed by atoms with Gasteiger partial charge in [0.25, 0.3) is 5.69 Å². The molecule has 0 atom stereocenters. The summed E-state index contributed by atoms with van der Waals surface area (Å²) < 4.78 is 22.7. The monoisotopic (exact) mass is 292 g/mol. The molecule has 1 rings (SSSR count). The van der Waals surface area contributed by atoms with Gasteiger partial charge in [-0.1, -0.05) is 6.58 Å². The summed E-state index contributed by atoms with van der Waals surface area (Å²) in [5.74, 6) is 0. The van der Waals surface area contributed by atoms with Crippen molar-refractivity contribution in [2.45, 2.75) is 5.03 Å². The van der Waals surface area contributed by atoms with Gasteiger partial charge in [0.05, 0.1) is 9.40 Å². The van der Waals surface area contributed by atoms with Crippen LogP contribution in [0.5, 0.6) is 0 Å². The number of hydrogen-bond acceptors (Lipinski definition) is 5. The van der Waals surface area contributed by atoms with Gasteiger partial charge in [0.2, 0.25) is 9.84 Å². The maximum Gasteiger partial charge on any atom is 0.288 e. The molecule has 0 aromatic carbocycles. The minimum absolute atomic E-state index is 0.0385. The molecule has 0 aliphatic rings. The smallest absolute Gasteiger partial charge is 0.258 e. The van der Waals surface area contributed by atoms with Crippen molar-refractivity contribution in [2.75, 3.05) is 0 Å². The van der Waals surface area contributed by atoms with Crippen molar-refractivity contribution in [3.05, 3.63) is 38.8 Å². The average Bonchev–Trinajstić information content (AvgIpc) is 2.17. The number of hydrogen-bond donors (Lipinski definition) is 0. The van der Waals surface area contributed by atoms with Gasteiger partial charge in [0.1, 0.15) is 6.20 Å². The molecule has 0 spiro atoms. The number of nitro groups is 1. The Hall–Kier alpha value is -1.28. The summed E-state index contributed by atoms with van der Waals surface area (Å²) in [5, 5.41) is 10.8. The molecule has 0 amide bonds. The SMILES string of the molecule is C=CS(=O)(=O)c1ncc([N+](=O)[O-])cc1Br. The van der Waals surface area contributed by atoms with Crippen LogP contribution in [0.1, 0.15) is 0 Å². The van der Waals surface area contributed by atoms with Crippen molar-refractivity contribution in [1.29, 1.82) is 0 Å². The normalized spacial score (nSPS) is 11.0. The van der Waals surface area contributed by atoms with E-state index in [1.807, 2.05) is 0 Å². The molecule has 0 fully saturated rings. The minimum Gasteiger partial charge on any atom is -0.258 e. The van der Waals surface area contributed by atoms with Gasteiger partial charge in [-0.05, 0) is 15.9 Å². The lowest BCUT2D eigenvalue weighted by Crippen LogP contribution is -2.01. The Bertz CT molecular complexity index is 526. The van der Waals surface area contributed by atoms with E-state index in [-0.39, 0.29) is 15.2 Å². The first kappa shape index (κ1) is 11.8. The van der Waals surface area contributed by atoms with Gasteiger partial charge in [-0.25, -0.2) is 13.4 Å². The highest BCUT2D eigenvalue weighted by molar-refractivity contribution is 9.10. The number of halogens is 1. The molecule has 0 saturated carbocycles. The van der Waals surface area contributed by atoms with Gasteiger partial charge in [-0.15, -0.1) is 0 Å². The molecule has 80 valence electrons. The summed E-state index contributed by atoms with van der Waals surface area (Å²) in [6.07, 6.45) is 0.876. The molecule has 1 aromatic heterocycles. The first-order valence-electron chi connectivity index (χ1n) is 3.56. The van der Waals surface area contributed by atoms with E-state index < -0.39 is 14.8 Å². The lowest BCUT2D eigenvalue weighted by atomic mass is 10.4. The molecular weight excluding hydrogens is 288 g/mol. The summed E-state index contributed by atoms with van der Waals surface area (Å²) in [6.45, 7) is 3.12. The summed E-state index contributed by atoms with van der Waals surface area (Å²) in [4.78, 5) is 13.2. The van der Waals surface area contributed by atoms with E-state index in [2.05, 4.69) is 27.5 Å². The second-order valence-corrected chi connectivity index (χ2v) is 5.11. The fourth-order valence-corrected chi connectivity index (χ4v) is 2.51. The number of sulfone groups is 1. The molecule has 0 aliphatic heterocycles. The van der Waals surface area contributed by atoms with Crippen molar-refractivity contribution >= 4 is 31.5 Å². The van der Waals surface area contributed by atoms with Crippen LogP contribution in [0, 0.1) is 10.1 Å². The number of nitrogens with zero attached hydrogens (tertiary/aromatic N) is 2. The second kappa shape index (κ2) is 4.07. The predicted octanol–water partition coefficient (Wildman–Crippen LogP) is 1.67. The van der Waals surface area contributed by atoms with E-state index in [1.54, 1.807) is 0 Å². The van der Waals surface area contributed by atoms with E-state index in [4.69, 9.17) is 0 Å².